The van der Waals surface area contributed by atoms with Crippen LogP contribution in [-0.2, 0) is 0 Å². The van der Waals surface area contributed by atoms with Gasteiger partial charge in [-0.1, -0.05) is 0 Å². The molecule has 1 aliphatic heterocycles. The molecule has 3 heteroatoms. The molecule has 0 aromatic rings. The van der Waals surface area contributed by atoms with Gasteiger partial charge in [0.15, 0.2) is 0 Å². The zero-order valence-electron chi connectivity index (χ0n) is 9.25. The topological polar surface area (TPSA) is 26.7 Å². The van der Waals surface area contributed by atoms with Crippen LogP contribution >= 0.6 is 0 Å². The van der Waals surface area contributed by atoms with E-state index in [1.165, 1.54) is 0 Å². The van der Waals surface area contributed by atoms with Crippen molar-refractivity contribution in [2.75, 3.05) is 33.2 Å². The molecule has 0 bridgehead atoms. The highest BCUT2D eigenvalue weighted by Crippen LogP contribution is 2.18. The fourth-order valence-corrected chi connectivity index (χ4v) is 1.87. The summed E-state index contributed by atoms with van der Waals surface area (Å²) in [5, 5.41) is 9.29. The molecule has 3 nitrogen and oxygen atoms in total. The lowest BCUT2D eigenvalue weighted by Crippen LogP contribution is -2.58. The Morgan fingerprint density at radius 3 is 2.46 bits per heavy atom. The van der Waals surface area contributed by atoms with Gasteiger partial charge in [0, 0.05) is 31.7 Å². The van der Waals surface area contributed by atoms with Gasteiger partial charge in [0.25, 0.3) is 0 Å². The zero-order valence-corrected chi connectivity index (χ0v) is 9.25. The lowest BCUT2D eigenvalue weighted by molar-refractivity contribution is 0.0182. The predicted octanol–water partition coefficient (Wildman–Crippen LogP) is 0.393. The second-order valence-electron chi connectivity index (χ2n) is 4.82. The van der Waals surface area contributed by atoms with E-state index in [9.17, 15) is 5.11 Å². The summed E-state index contributed by atoms with van der Waals surface area (Å²) in [6.07, 6.45) is -0.209. The maximum Gasteiger partial charge on any atom is 0.0639 e. The normalized spacial score (nSPS) is 27.5. The van der Waals surface area contributed by atoms with Crippen molar-refractivity contribution in [3.8, 4) is 0 Å². The molecule has 78 valence electrons. The Kier molecular flexibility index (Phi) is 3.33. The minimum Gasteiger partial charge on any atom is -0.392 e. The Bertz CT molecular complexity index is 168. The Balaban J connectivity index is 2.46. The van der Waals surface area contributed by atoms with Gasteiger partial charge in [0.05, 0.1) is 6.10 Å². The van der Waals surface area contributed by atoms with Crippen molar-refractivity contribution >= 4 is 0 Å². The summed E-state index contributed by atoms with van der Waals surface area (Å²) in [6.45, 7) is 10.4. The number of likely N-dealkylation sites (N-methyl/N-ethyl adjacent to an activating group) is 1. The summed E-state index contributed by atoms with van der Waals surface area (Å²) in [4.78, 5) is 4.72. The molecule has 0 spiro atoms. The van der Waals surface area contributed by atoms with Crippen LogP contribution in [0, 0.1) is 0 Å². The minimum atomic E-state index is -0.209. The van der Waals surface area contributed by atoms with E-state index in [0.29, 0.717) is 0 Å². The van der Waals surface area contributed by atoms with Gasteiger partial charge in [-0.2, -0.15) is 0 Å². The van der Waals surface area contributed by atoms with Crippen molar-refractivity contribution in [3.05, 3.63) is 0 Å². The van der Waals surface area contributed by atoms with Crippen LogP contribution in [0.4, 0.5) is 0 Å². The molecule has 0 aromatic heterocycles. The SMILES string of the molecule is C[C@@H](O)CN1CCN(C)C(C)(C)C1. The number of nitrogens with zero attached hydrogens (tertiary/aromatic N) is 2. The molecular formula is C10H22N2O. The van der Waals surface area contributed by atoms with Crippen molar-refractivity contribution in [1.29, 1.82) is 0 Å². The van der Waals surface area contributed by atoms with Crippen LogP contribution in [0.5, 0.6) is 0 Å². The first-order valence-electron chi connectivity index (χ1n) is 5.03. The third-order valence-electron chi connectivity index (χ3n) is 2.92. The number of rotatable bonds is 2. The summed E-state index contributed by atoms with van der Waals surface area (Å²) in [5.41, 5.74) is 0.243. The molecule has 0 aromatic carbocycles. The maximum absolute atomic E-state index is 9.29. The van der Waals surface area contributed by atoms with E-state index in [1.807, 2.05) is 6.92 Å². The van der Waals surface area contributed by atoms with E-state index in [1.54, 1.807) is 0 Å². The van der Waals surface area contributed by atoms with E-state index in [4.69, 9.17) is 0 Å². The number of piperazine rings is 1. The second kappa shape index (κ2) is 3.95. The Hall–Kier alpha value is -0.120. The van der Waals surface area contributed by atoms with Crippen LogP contribution in [-0.4, -0.2) is 59.8 Å². The van der Waals surface area contributed by atoms with Gasteiger partial charge in [-0.05, 0) is 27.8 Å². The first-order valence-corrected chi connectivity index (χ1v) is 5.03. The molecule has 1 N–H and O–H groups in total. The lowest BCUT2D eigenvalue weighted by atomic mass is 9.99. The number of hydrogen-bond acceptors (Lipinski definition) is 3. The largest absolute Gasteiger partial charge is 0.392 e. The molecule has 1 saturated heterocycles. The molecule has 1 atom stereocenters. The number of aliphatic hydroxyl groups excluding tert-OH is 1. The predicted molar refractivity (Wildman–Crippen MR) is 54.8 cm³/mol. The van der Waals surface area contributed by atoms with Gasteiger partial charge >= 0.3 is 0 Å². The molecule has 0 unspecified atom stereocenters. The summed E-state index contributed by atoms with van der Waals surface area (Å²) in [5.74, 6) is 0. The van der Waals surface area contributed by atoms with Gasteiger partial charge in [-0.3, -0.25) is 9.80 Å². The van der Waals surface area contributed by atoms with E-state index < -0.39 is 0 Å². The quantitative estimate of drug-likeness (QED) is 0.676. The third kappa shape index (κ3) is 2.93. The smallest absolute Gasteiger partial charge is 0.0639 e. The molecule has 13 heavy (non-hydrogen) atoms. The first kappa shape index (κ1) is 11.0. The van der Waals surface area contributed by atoms with E-state index in [0.717, 1.165) is 26.2 Å². The Morgan fingerprint density at radius 1 is 1.38 bits per heavy atom. The van der Waals surface area contributed by atoms with Gasteiger partial charge < -0.3 is 5.11 Å². The minimum absolute atomic E-state index is 0.209. The van der Waals surface area contributed by atoms with Gasteiger partial charge in [0.2, 0.25) is 0 Å². The van der Waals surface area contributed by atoms with Crippen LogP contribution in [0.25, 0.3) is 0 Å². The Labute approximate surface area is 81.3 Å². The fraction of sp³-hybridized carbons (Fsp3) is 1.00. The van der Waals surface area contributed by atoms with Gasteiger partial charge in [-0.25, -0.2) is 0 Å². The summed E-state index contributed by atoms with van der Waals surface area (Å²) in [7, 11) is 2.17. The molecule has 0 radical (unpaired) electrons. The van der Waals surface area contributed by atoms with Gasteiger partial charge in [0.1, 0.15) is 0 Å². The van der Waals surface area contributed by atoms with Crippen LogP contribution in [0.15, 0.2) is 0 Å². The van der Waals surface area contributed by atoms with Crippen molar-refractivity contribution in [2.45, 2.75) is 32.4 Å². The van der Waals surface area contributed by atoms with Gasteiger partial charge in [-0.15, -0.1) is 0 Å². The van der Waals surface area contributed by atoms with E-state index in [2.05, 4.69) is 30.7 Å². The van der Waals surface area contributed by atoms with Crippen molar-refractivity contribution < 1.29 is 5.11 Å². The van der Waals surface area contributed by atoms with E-state index in [-0.39, 0.29) is 11.6 Å². The molecular weight excluding hydrogens is 164 g/mol. The number of aliphatic hydroxyl groups is 1. The average Bonchev–Trinajstić information content (AvgIpc) is 1.95. The summed E-state index contributed by atoms with van der Waals surface area (Å²) in [6, 6.07) is 0. The molecule has 1 fully saturated rings. The molecule has 0 amide bonds. The molecule has 1 rings (SSSR count). The molecule has 0 aliphatic carbocycles. The van der Waals surface area contributed by atoms with Crippen LogP contribution in [0.3, 0.4) is 0 Å². The fourth-order valence-electron chi connectivity index (χ4n) is 1.87. The van der Waals surface area contributed by atoms with Crippen LogP contribution < -0.4 is 0 Å². The molecule has 1 heterocycles. The van der Waals surface area contributed by atoms with Crippen molar-refractivity contribution in [3.63, 3.8) is 0 Å². The number of hydrogen-bond donors (Lipinski definition) is 1. The molecule has 0 saturated carbocycles. The second-order valence-corrected chi connectivity index (χ2v) is 4.82. The number of β-amino-alcohol motifs (C(OH)–C–C–N with tert-alkyl or cyclic N) is 1. The zero-order chi connectivity index (χ0) is 10.1. The summed E-state index contributed by atoms with van der Waals surface area (Å²) >= 11 is 0. The summed E-state index contributed by atoms with van der Waals surface area (Å²) < 4.78 is 0. The standard InChI is InChI=1S/C10H22N2O/c1-9(13)7-12-6-5-11(4)10(2,3)8-12/h9,13H,5-8H2,1-4H3/t9-/m1/s1. The average molecular weight is 186 g/mol. The van der Waals surface area contributed by atoms with E-state index >= 15 is 0 Å². The Morgan fingerprint density at radius 2 is 2.00 bits per heavy atom. The van der Waals surface area contributed by atoms with Crippen LogP contribution in [0.1, 0.15) is 20.8 Å². The third-order valence-corrected chi connectivity index (χ3v) is 2.92. The highest BCUT2D eigenvalue weighted by molar-refractivity contribution is 4.88. The first-order chi connectivity index (χ1) is 5.92. The van der Waals surface area contributed by atoms with Crippen LogP contribution in [0.2, 0.25) is 0 Å². The highest BCUT2D eigenvalue weighted by Gasteiger charge is 2.30. The van der Waals surface area contributed by atoms with Crippen molar-refractivity contribution in [2.24, 2.45) is 0 Å². The monoisotopic (exact) mass is 186 g/mol. The maximum atomic E-state index is 9.29. The van der Waals surface area contributed by atoms with Crippen molar-refractivity contribution in [1.82, 2.24) is 9.80 Å². The lowest BCUT2D eigenvalue weighted by Gasteiger charge is -2.45. The highest BCUT2D eigenvalue weighted by atomic mass is 16.3. The molecule has 1 aliphatic rings.